The molecule has 0 heterocycles. The van der Waals surface area contributed by atoms with Crippen LogP contribution in [0.2, 0.25) is 5.04 Å². The summed E-state index contributed by atoms with van der Waals surface area (Å²) >= 11 is 0. The number of carbonyl (C=O) groups is 2. The lowest BCUT2D eigenvalue weighted by atomic mass is 10.2. The highest BCUT2D eigenvalue weighted by Crippen LogP contribution is 2.36. The average Bonchev–Trinajstić information content (AvgIpc) is 2.67. The molecule has 2 aromatic rings. The highest BCUT2D eigenvalue weighted by molar-refractivity contribution is 6.99. The molecule has 0 unspecified atom stereocenters. The Bertz CT molecular complexity index is 793. The van der Waals surface area contributed by atoms with Crippen molar-refractivity contribution in [2.24, 2.45) is 0 Å². The van der Waals surface area contributed by atoms with Gasteiger partial charge in [-0.15, -0.1) is 0 Å². The summed E-state index contributed by atoms with van der Waals surface area (Å²) in [6.07, 6.45) is 0.593. The minimum absolute atomic E-state index is 0.118. The van der Waals surface area contributed by atoms with Crippen LogP contribution in [0.25, 0.3) is 0 Å². The van der Waals surface area contributed by atoms with E-state index < -0.39 is 25.7 Å². The van der Waals surface area contributed by atoms with E-state index in [9.17, 15) is 9.59 Å². The molecule has 30 heavy (non-hydrogen) atoms. The van der Waals surface area contributed by atoms with Crippen molar-refractivity contribution in [2.45, 2.75) is 65.0 Å². The third-order valence-electron chi connectivity index (χ3n) is 4.91. The Balaban J connectivity index is 2.21. The van der Waals surface area contributed by atoms with E-state index in [0.29, 0.717) is 13.0 Å². The Labute approximate surface area is 181 Å². The van der Waals surface area contributed by atoms with E-state index in [0.717, 1.165) is 0 Å². The van der Waals surface area contributed by atoms with E-state index in [1.165, 1.54) is 10.4 Å². The number of benzene rings is 2. The van der Waals surface area contributed by atoms with Gasteiger partial charge >= 0.3 is 5.97 Å². The van der Waals surface area contributed by atoms with Gasteiger partial charge in [-0.1, -0.05) is 81.4 Å². The number of rotatable bonds is 8. The van der Waals surface area contributed by atoms with Crippen molar-refractivity contribution in [3.63, 3.8) is 0 Å². The van der Waals surface area contributed by atoms with Crippen LogP contribution in [0.3, 0.4) is 0 Å². The molecule has 162 valence electrons. The monoisotopic (exact) mass is 426 g/mol. The maximum Gasteiger partial charge on any atom is 0.375 e. The SMILES string of the molecule is CC(C)(C)OC(=O)C(=O)CCCO[Si](c1ccccc1)(c1ccccc1)C(C)(C)C. The minimum Gasteiger partial charge on any atom is -0.454 e. The zero-order chi connectivity index (χ0) is 22.4. The zero-order valence-corrected chi connectivity index (χ0v) is 20.0. The summed E-state index contributed by atoms with van der Waals surface area (Å²) in [4.78, 5) is 24.1. The Morgan fingerprint density at radius 2 is 1.27 bits per heavy atom. The number of Topliss-reactive ketones (excluding diaryl/α,β-unsaturated/α-hetero) is 1. The number of hydrogen-bond donors (Lipinski definition) is 0. The van der Waals surface area contributed by atoms with Gasteiger partial charge in [-0.05, 0) is 42.6 Å². The Hall–Kier alpha value is -2.24. The molecule has 0 saturated heterocycles. The maximum atomic E-state index is 12.2. The normalized spacial score (nSPS) is 12.5. The summed E-state index contributed by atoms with van der Waals surface area (Å²) in [5, 5.41) is 2.27. The van der Waals surface area contributed by atoms with Crippen molar-refractivity contribution in [1.29, 1.82) is 0 Å². The lowest BCUT2D eigenvalue weighted by Gasteiger charge is -2.43. The molecule has 0 radical (unpaired) electrons. The van der Waals surface area contributed by atoms with Crippen LogP contribution in [0.5, 0.6) is 0 Å². The number of carbonyl (C=O) groups excluding carboxylic acids is 2. The van der Waals surface area contributed by atoms with Crippen LogP contribution in [0.1, 0.15) is 54.4 Å². The molecule has 4 nitrogen and oxygen atoms in total. The fourth-order valence-corrected chi connectivity index (χ4v) is 8.26. The van der Waals surface area contributed by atoms with Crippen molar-refractivity contribution in [1.82, 2.24) is 0 Å². The van der Waals surface area contributed by atoms with Crippen LogP contribution < -0.4 is 10.4 Å². The largest absolute Gasteiger partial charge is 0.454 e. The van der Waals surface area contributed by atoms with E-state index in [2.05, 4.69) is 45.0 Å². The molecule has 0 bridgehead atoms. The third-order valence-corrected chi connectivity index (χ3v) is 9.95. The van der Waals surface area contributed by atoms with Crippen molar-refractivity contribution in [2.75, 3.05) is 6.61 Å². The summed E-state index contributed by atoms with van der Waals surface area (Å²) in [7, 11) is -2.61. The standard InChI is InChI=1S/C25H34O4Si/c1-24(2,3)29-23(27)22(26)18-13-19-28-30(25(4,5)6,20-14-9-7-10-15-20)21-16-11-8-12-17-21/h7-12,14-17H,13,18-19H2,1-6H3. The van der Waals surface area contributed by atoms with Gasteiger partial charge in [-0.25, -0.2) is 4.79 Å². The van der Waals surface area contributed by atoms with E-state index in [-0.39, 0.29) is 11.5 Å². The topological polar surface area (TPSA) is 52.6 Å². The molecule has 0 aliphatic rings. The molecule has 0 amide bonds. The maximum absolute atomic E-state index is 12.2. The van der Waals surface area contributed by atoms with E-state index in [4.69, 9.17) is 9.16 Å². The number of ether oxygens (including phenoxy) is 1. The smallest absolute Gasteiger partial charge is 0.375 e. The van der Waals surface area contributed by atoms with Crippen LogP contribution in [0, 0.1) is 0 Å². The first-order chi connectivity index (χ1) is 14.0. The summed E-state index contributed by atoms with van der Waals surface area (Å²) in [6, 6.07) is 20.7. The van der Waals surface area contributed by atoms with Gasteiger partial charge in [0.05, 0.1) is 0 Å². The van der Waals surface area contributed by atoms with Crippen molar-refractivity contribution >= 4 is 30.4 Å². The van der Waals surface area contributed by atoms with Crippen LogP contribution in [0.4, 0.5) is 0 Å². The molecular formula is C25H34O4Si. The first kappa shape index (κ1) is 24.0. The minimum atomic E-state index is -2.61. The lowest BCUT2D eigenvalue weighted by molar-refractivity contribution is -0.162. The van der Waals surface area contributed by atoms with Gasteiger partial charge in [-0.2, -0.15) is 0 Å². The van der Waals surface area contributed by atoms with Gasteiger partial charge in [-0.3, -0.25) is 4.79 Å². The fraction of sp³-hybridized carbons (Fsp3) is 0.440. The molecule has 0 fully saturated rings. The predicted octanol–water partition coefficient (Wildman–Crippen LogP) is 4.25. The second-order valence-electron chi connectivity index (χ2n) is 9.54. The summed E-state index contributed by atoms with van der Waals surface area (Å²) in [5.74, 6) is -1.27. The van der Waals surface area contributed by atoms with Crippen LogP contribution in [-0.4, -0.2) is 32.3 Å². The van der Waals surface area contributed by atoms with Gasteiger partial charge in [0.25, 0.3) is 8.32 Å². The molecule has 0 N–H and O–H groups in total. The molecule has 0 spiro atoms. The van der Waals surface area contributed by atoms with Gasteiger partial charge in [0.15, 0.2) is 0 Å². The molecule has 0 saturated carbocycles. The highest BCUT2D eigenvalue weighted by Gasteiger charge is 2.49. The van der Waals surface area contributed by atoms with Crippen molar-refractivity contribution in [3.8, 4) is 0 Å². The van der Waals surface area contributed by atoms with Gasteiger partial charge in [0.1, 0.15) is 5.60 Å². The predicted molar refractivity (Wildman–Crippen MR) is 124 cm³/mol. The second-order valence-corrected chi connectivity index (χ2v) is 13.8. The van der Waals surface area contributed by atoms with Gasteiger partial charge < -0.3 is 9.16 Å². The van der Waals surface area contributed by atoms with Crippen molar-refractivity contribution < 1.29 is 18.8 Å². The molecule has 2 aromatic carbocycles. The summed E-state index contributed by atoms with van der Waals surface area (Å²) < 4.78 is 11.9. The molecule has 0 atom stereocenters. The summed E-state index contributed by atoms with van der Waals surface area (Å²) in [5.41, 5.74) is -0.668. The number of ketones is 1. The van der Waals surface area contributed by atoms with E-state index in [1.807, 2.05) is 36.4 Å². The van der Waals surface area contributed by atoms with Crippen molar-refractivity contribution in [3.05, 3.63) is 60.7 Å². The Morgan fingerprint density at radius 3 is 1.67 bits per heavy atom. The quantitative estimate of drug-likeness (QED) is 0.274. The molecule has 0 aromatic heterocycles. The fourth-order valence-electron chi connectivity index (χ4n) is 3.66. The zero-order valence-electron chi connectivity index (χ0n) is 19.0. The molecule has 2 rings (SSSR count). The molecule has 0 aliphatic carbocycles. The first-order valence-electron chi connectivity index (χ1n) is 10.5. The molecule has 0 aliphatic heterocycles. The van der Waals surface area contributed by atoms with Crippen LogP contribution in [-0.2, 0) is 18.8 Å². The Kier molecular flexibility index (Phi) is 7.78. The van der Waals surface area contributed by atoms with E-state index in [1.54, 1.807) is 20.8 Å². The van der Waals surface area contributed by atoms with Gasteiger partial charge in [0.2, 0.25) is 5.78 Å². The number of esters is 1. The third kappa shape index (κ3) is 5.89. The first-order valence-corrected chi connectivity index (χ1v) is 12.4. The Morgan fingerprint density at radius 1 is 0.800 bits per heavy atom. The second kappa shape index (κ2) is 9.71. The van der Waals surface area contributed by atoms with Crippen LogP contribution >= 0.6 is 0 Å². The van der Waals surface area contributed by atoms with E-state index >= 15 is 0 Å². The highest BCUT2D eigenvalue weighted by atomic mass is 28.4. The average molecular weight is 427 g/mol. The summed E-state index contributed by atoms with van der Waals surface area (Å²) in [6.45, 7) is 12.3. The molecular weight excluding hydrogens is 392 g/mol. The van der Waals surface area contributed by atoms with Gasteiger partial charge in [0, 0.05) is 13.0 Å². The number of hydrogen-bond acceptors (Lipinski definition) is 4. The van der Waals surface area contributed by atoms with Crippen LogP contribution in [0.15, 0.2) is 60.7 Å². The lowest BCUT2D eigenvalue weighted by Crippen LogP contribution is -2.66. The molecule has 5 heteroatoms.